The lowest BCUT2D eigenvalue weighted by Gasteiger charge is -2.09. The molecule has 0 fully saturated rings. The number of nitriles is 2. The fraction of sp³-hybridized carbons (Fsp3) is 0.217. The molecule has 0 aliphatic carbocycles. The second-order valence-electron chi connectivity index (χ2n) is 7.25. The Morgan fingerprint density at radius 1 is 1.19 bits per heavy atom. The Hall–Kier alpha value is -3.88. The van der Waals surface area contributed by atoms with Gasteiger partial charge in [-0.2, -0.15) is 10.5 Å². The van der Waals surface area contributed by atoms with Crippen LogP contribution in [0.1, 0.15) is 40.1 Å². The summed E-state index contributed by atoms with van der Waals surface area (Å²) in [7, 11) is 1.55. The summed E-state index contributed by atoms with van der Waals surface area (Å²) in [6.45, 7) is 7.92. The Morgan fingerprint density at radius 3 is 2.65 bits per heavy atom. The van der Waals surface area contributed by atoms with Gasteiger partial charge in [0.1, 0.15) is 23.0 Å². The van der Waals surface area contributed by atoms with Gasteiger partial charge in [-0.05, 0) is 45.4 Å². The monoisotopic (exact) mass is 428 g/mol. The van der Waals surface area contributed by atoms with Gasteiger partial charge in [0.05, 0.1) is 35.5 Å². The van der Waals surface area contributed by atoms with Gasteiger partial charge in [-0.25, -0.2) is 9.97 Å². The average Bonchev–Trinajstić information content (AvgIpc) is 3.42. The van der Waals surface area contributed by atoms with Crippen LogP contribution in [0.25, 0.3) is 27.2 Å². The maximum Gasteiger partial charge on any atom is 0.215 e. The van der Waals surface area contributed by atoms with Crippen molar-refractivity contribution in [3.05, 3.63) is 57.6 Å². The van der Waals surface area contributed by atoms with E-state index in [0.717, 1.165) is 37.9 Å². The fourth-order valence-corrected chi connectivity index (χ4v) is 4.84. The lowest BCUT2D eigenvalue weighted by Crippen LogP contribution is -1.99. The van der Waals surface area contributed by atoms with Crippen LogP contribution < -0.4 is 4.74 Å². The number of hydrogen-bond acceptors (Lipinski definition) is 6. The molecular weight excluding hydrogens is 408 g/mol. The van der Waals surface area contributed by atoms with E-state index in [2.05, 4.69) is 31.7 Å². The number of ether oxygens (including phenoxy) is 1. The van der Waals surface area contributed by atoms with Crippen LogP contribution in [0.2, 0.25) is 0 Å². The summed E-state index contributed by atoms with van der Waals surface area (Å²) in [5.74, 6) is 0.951. The highest BCUT2D eigenvalue weighted by molar-refractivity contribution is 7.14. The predicted octanol–water partition coefficient (Wildman–Crippen LogP) is 5.07. The molecule has 0 aliphatic heterocycles. The normalized spacial score (nSPS) is 11.8. The summed E-state index contributed by atoms with van der Waals surface area (Å²) in [5.41, 5.74) is 6.25. The molecule has 0 aliphatic rings. The Bertz CT molecular complexity index is 1440. The molecule has 0 unspecified atom stereocenters. The Labute approximate surface area is 183 Å². The largest absolute Gasteiger partial charge is 0.481 e. The first-order valence-electron chi connectivity index (χ1n) is 9.59. The van der Waals surface area contributed by atoms with Crippen LogP contribution in [0.5, 0.6) is 5.88 Å². The second-order valence-corrected chi connectivity index (χ2v) is 8.48. The minimum absolute atomic E-state index is 0.457. The number of rotatable bonds is 4. The quantitative estimate of drug-likeness (QED) is 0.457. The third-order valence-electron chi connectivity index (χ3n) is 5.27. The number of aromatic nitrogens is 4. The smallest absolute Gasteiger partial charge is 0.215 e. The molecular formula is C23H20N6OS. The summed E-state index contributed by atoms with van der Waals surface area (Å²) in [5, 5.41) is 20.4. The van der Waals surface area contributed by atoms with Crippen LogP contribution in [-0.2, 0) is 0 Å². The van der Waals surface area contributed by atoms with Crippen molar-refractivity contribution >= 4 is 33.5 Å². The first kappa shape index (κ1) is 20.4. The van der Waals surface area contributed by atoms with Gasteiger partial charge in [-0.3, -0.25) is 0 Å². The van der Waals surface area contributed by atoms with Gasteiger partial charge >= 0.3 is 0 Å². The van der Waals surface area contributed by atoms with Crippen LogP contribution in [-0.4, -0.2) is 26.6 Å². The van der Waals surface area contributed by atoms with Crippen LogP contribution in [0, 0.1) is 43.4 Å². The molecule has 8 heteroatoms. The number of aryl methyl sites for hydroxylation is 2. The van der Waals surface area contributed by atoms with E-state index in [1.165, 1.54) is 0 Å². The molecule has 4 rings (SSSR count). The van der Waals surface area contributed by atoms with Gasteiger partial charge in [-0.15, -0.1) is 11.3 Å². The minimum Gasteiger partial charge on any atom is -0.481 e. The molecule has 0 aromatic carbocycles. The molecule has 0 amide bonds. The number of aromatic amines is 1. The first-order chi connectivity index (χ1) is 14.9. The fourth-order valence-electron chi connectivity index (χ4n) is 3.77. The number of nitrogens with one attached hydrogen (secondary N) is 1. The zero-order valence-electron chi connectivity index (χ0n) is 17.9. The van der Waals surface area contributed by atoms with E-state index in [9.17, 15) is 10.5 Å². The average molecular weight is 429 g/mol. The standard InChI is InChI=1S/C23H20N6OS/c1-12-6-17(15(4)29(12)23-16(9-24)7-13(2)31-23)14(3)18(10-25)22-27-19-8-21(30-5)26-11-20(19)28-22/h6-8,11H,1-5H3,(H,27,28)/b18-14+. The number of thiophene rings is 1. The summed E-state index contributed by atoms with van der Waals surface area (Å²) in [6.07, 6.45) is 1.64. The summed E-state index contributed by atoms with van der Waals surface area (Å²) in [6, 6.07) is 10.3. The van der Waals surface area contributed by atoms with E-state index in [-0.39, 0.29) is 0 Å². The molecule has 0 spiro atoms. The second kappa shape index (κ2) is 7.75. The Morgan fingerprint density at radius 2 is 1.97 bits per heavy atom. The highest BCUT2D eigenvalue weighted by Crippen LogP contribution is 2.34. The third kappa shape index (κ3) is 3.37. The van der Waals surface area contributed by atoms with Gasteiger partial charge < -0.3 is 14.3 Å². The summed E-state index contributed by atoms with van der Waals surface area (Å²) < 4.78 is 7.24. The number of imidazole rings is 1. The molecule has 1 N–H and O–H groups in total. The molecule has 0 bridgehead atoms. The van der Waals surface area contributed by atoms with Gasteiger partial charge in [0.2, 0.25) is 5.88 Å². The zero-order valence-corrected chi connectivity index (χ0v) is 18.7. The lowest BCUT2D eigenvalue weighted by molar-refractivity contribution is 0.398. The van der Waals surface area contributed by atoms with Gasteiger partial charge in [0, 0.05) is 27.9 Å². The van der Waals surface area contributed by atoms with Crippen molar-refractivity contribution in [2.24, 2.45) is 0 Å². The van der Waals surface area contributed by atoms with E-state index in [1.807, 2.05) is 39.8 Å². The molecule has 154 valence electrons. The predicted molar refractivity (Wildman–Crippen MR) is 121 cm³/mol. The number of fused-ring (bicyclic) bond motifs is 1. The van der Waals surface area contributed by atoms with Crippen molar-refractivity contribution < 1.29 is 4.74 Å². The number of hydrogen-bond donors (Lipinski definition) is 1. The van der Waals surface area contributed by atoms with Crippen molar-refractivity contribution in [3.8, 4) is 23.0 Å². The van der Waals surface area contributed by atoms with E-state index in [0.29, 0.717) is 28.4 Å². The van der Waals surface area contributed by atoms with E-state index < -0.39 is 0 Å². The number of nitrogens with zero attached hydrogens (tertiary/aromatic N) is 5. The van der Waals surface area contributed by atoms with Crippen molar-refractivity contribution in [2.75, 3.05) is 7.11 Å². The van der Waals surface area contributed by atoms with Crippen LogP contribution in [0.3, 0.4) is 0 Å². The molecule has 4 heterocycles. The van der Waals surface area contributed by atoms with Gasteiger partial charge in [-0.1, -0.05) is 0 Å². The highest BCUT2D eigenvalue weighted by Gasteiger charge is 2.20. The molecule has 0 saturated carbocycles. The van der Waals surface area contributed by atoms with Gasteiger partial charge in [0.25, 0.3) is 0 Å². The first-order valence-corrected chi connectivity index (χ1v) is 10.4. The Balaban J connectivity index is 1.87. The van der Waals surface area contributed by atoms with Crippen molar-refractivity contribution in [2.45, 2.75) is 27.7 Å². The minimum atomic E-state index is 0.457. The van der Waals surface area contributed by atoms with E-state index >= 15 is 0 Å². The number of pyridine rings is 1. The van der Waals surface area contributed by atoms with Crippen LogP contribution >= 0.6 is 11.3 Å². The van der Waals surface area contributed by atoms with Crippen molar-refractivity contribution in [3.63, 3.8) is 0 Å². The maximum atomic E-state index is 9.95. The molecule has 0 saturated heterocycles. The molecule has 0 atom stereocenters. The third-order valence-corrected chi connectivity index (χ3v) is 6.31. The zero-order chi connectivity index (χ0) is 22.3. The highest BCUT2D eigenvalue weighted by atomic mass is 32.1. The lowest BCUT2D eigenvalue weighted by atomic mass is 10.0. The summed E-state index contributed by atoms with van der Waals surface area (Å²) >= 11 is 1.58. The van der Waals surface area contributed by atoms with Crippen LogP contribution in [0.15, 0.2) is 24.4 Å². The molecule has 4 aromatic rings. The van der Waals surface area contributed by atoms with Crippen molar-refractivity contribution in [1.82, 2.24) is 19.5 Å². The van der Waals surface area contributed by atoms with E-state index in [4.69, 9.17) is 4.74 Å². The van der Waals surface area contributed by atoms with Crippen LogP contribution in [0.4, 0.5) is 0 Å². The van der Waals surface area contributed by atoms with E-state index in [1.54, 1.807) is 30.7 Å². The maximum absolute atomic E-state index is 9.95. The van der Waals surface area contributed by atoms with Crippen molar-refractivity contribution in [1.29, 1.82) is 10.5 Å². The molecule has 4 aromatic heterocycles. The number of methoxy groups -OCH3 is 1. The van der Waals surface area contributed by atoms with Gasteiger partial charge in [0.15, 0.2) is 0 Å². The topological polar surface area (TPSA) is 103 Å². The molecule has 7 nitrogen and oxygen atoms in total. The Kier molecular flexibility index (Phi) is 5.10. The number of H-pyrrole nitrogens is 1. The SMILES string of the molecule is COc1cc2nc(/C(C#N)=C(\C)c3cc(C)n(-c4sc(C)cc4C#N)c3C)[nH]c2cn1. The molecule has 0 radical (unpaired) electrons. The molecule has 31 heavy (non-hydrogen) atoms. The summed E-state index contributed by atoms with van der Waals surface area (Å²) in [4.78, 5) is 13.0. The number of allylic oxidation sites excluding steroid dienone is 2.